The summed E-state index contributed by atoms with van der Waals surface area (Å²) in [7, 11) is 3.42. The molecule has 1 unspecified atom stereocenters. The Morgan fingerprint density at radius 2 is 2.14 bits per heavy atom. The molecule has 0 aromatic carbocycles. The lowest BCUT2D eigenvalue weighted by Gasteiger charge is -2.17. The summed E-state index contributed by atoms with van der Waals surface area (Å²) in [5.74, 6) is 0.151. The molecule has 2 rings (SSSR count). The molecule has 0 amide bonds. The number of pyridine rings is 1. The zero-order valence-electron chi connectivity index (χ0n) is 12.8. The first-order chi connectivity index (χ1) is 10.0. The number of aryl methyl sites for hydroxylation is 2. The van der Waals surface area contributed by atoms with Crippen LogP contribution in [-0.2, 0) is 11.8 Å². The maximum Gasteiger partial charge on any atom is 0.254 e. The molecule has 0 N–H and O–H groups in total. The normalized spacial score (nSPS) is 12.8. The maximum absolute atomic E-state index is 12.6. The maximum atomic E-state index is 12.6. The van der Waals surface area contributed by atoms with E-state index in [1.54, 1.807) is 18.7 Å². The van der Waals surface area contributed by atoms with Crippen LogP contribution in [-0.4, -0.2) is 28.5 Å². The van der Waals surface area contributed by atoms with Gasteiger partial charge in [-0.15, -0.1) is 5.10 Å². The number of fused-ring (bicyclic) bond motifs is 1. The minimum atomic E-state index is -0.00220. The van der Waals surface area contributed by atoms with Crippen LogP contribution in [0.2, 0.25) is 5.15 Å². The number of halogens is 1. The standard InChI is InChI=1S/C15H20ClN3O2/c1-5-10(6-7-21-4)11-8-12-13(19(3)15(11)20)9(2)17-18-14(12)16/h8,10H,5-7H2,1-4H3. The summed E-state index contributed by atoms with van der Waals surface area (Å²) >= 11 is 6.16. The first-order valence-electron chi connectivity index (χ1n) is 7.02. The van der Waals surface area contributed by atoms with Gasteiger partial charge < -0.3 is 9.30 Å². The molecule has 0 aliphatic rings. The van der Waals surface area contributed by atoms with E-state index in [1.165, 1.54) is 0 Å². The molecular weight excluding hydrogens is 290 g/mol. The summed E-state index contributed by atoms with van der Waals surface area (Å²) in [5, 5.41) is 9.04. The van der Waals surface area contributed by atoms with Gasteiger partial charge in [0.15, 0.2) is 5.15 Å². The summed E-state index contributed by atoms with van der Waals surface area (Å²) in [4.78, 5) is 12.6. The largest absolute Gasteiger partial charge is 0.385 e. The number of aromatic nitrogens is 3. The van der Waals surface area contributed by atoms with Crippen LogP contribution < -0.4 is 5.56 Å². The van der Waals surface area contributed by atoms with Gasteiger partial charge in [0, 0.05) is 31.7 Å². The van der Waals surface area contributed by atoms with Crippen molar-refractivity contribution >= 4 is 22.5 Å². The molecule has 2 heterocycles. The molecule has 21 heavy (non-hydrogen) atoms. The van der Waals surface area contributed by atoms with Gasteiger partial charge in [0.05, 0.1) is 11.2 Å². The van der Waals surface area contributed by atoms with Crippen molar-refractivity contribution in [1.82, 2.24) is 14.8 Å². The van der Waals surface area contributed by atoms with Crippen LogP contribution in [0.3, 0.4) is 0 Å². The van der Waals surface area contributed by atoms with E-state index in [4.69, 9.17) is 16.3 Å². The Labute approximate surface area is 128 Å². The van der Waals surface area contributed by atoms with Crippen LogP contribution in [0.15, 0.2) is 10.9 Å². The van der Waals surface area contributed by atoms with Gasteiger partial charge in [0.1, 0.15) is 0 Å². The van der Waals surface area contributed by atoms with Crippen LogP contribution in [0.5, 0.6) is 0 Å². The van der Waals surface area contributed by atoms with E-state index in [0.717, 1.165) is 29.3 Å². The van der Waals surface area contributed by atoms with Crippen molar-refractivity contribution in [2.24, 2.45) is 7.05 Å². The quantitative estimate of drug-likeness (QED) is 0.852. The zero-order chi connectivity index (χ0) is 15.6. The molecule has 0 fully saturated rings. The van der Waals surface area contributed by atoms with E-state index in [1.807, 2.05) is 13.0 Å². The first-order valence-corrected chi connectivity index (χ1v) is 7.40. The third kappa shape index (κ3) is 2.94. The third-order valence-corrected chi connectivity index (χ3v) is 4.18. The van der Waals surface area contributed by atoms with Gasteiger partial charge in [-0.05, 0) is 31.7 Å². The SMILES string of the molecule is CCC(CCOC)c1cc2c(Cl)nnc(C)c2n(C)c1=O. The summed E-state index contributed by atoms with van der Waals surface area (Å²) in [6, 6.07) is 1.87. The zero-order valence-corrected chi connectivity index (χ0v) is 13.6. The van der Waals surface area contributed by atoms with Crippen LogP contribution in [0, 0.1) is 6.92 Å². The lowest BCUT2D eigenvalue weighted by molar-refractivity contribution is 0.186. The van der Waals surface area contributed by atoms with Crippen LogP contribution in [0.25, 0.3) is 10.9 Å². The third-order valence-electron chi connectivity index (χ3n) is 3.90. The van der Waals surface area contributed by atoms with Gasteiger partial charge >= 0.3 is 0 Å². The molecule has 5 nitrogen and oxygen atoms in total. The Morgan fingerprint density at radius 3 is 2.76 bits per heavy atom. The Kier molecular flexibility index (Phi) is 4.96. The van der Waals surface area contributed by atoms with Gasteiger partial charge in [-0.25, -0.2) is 0 Å². The molecule has 0 bridgehead atoms. The lowest BCUT2D eigenvalue weighted by atomic mass is 9.93. The Hall–Kier alpha value is -1.46. The Bertz CT molecular complexity index is 712. The summed E-state index contributed by atoms with van der Waals surface area (Å²) in [6.07, 6.45) is 1.68. The van der Waals surface area contributed by atoms with E-state index in [2.05, 4.69) is 17.1 Å². The van der Waals surface area contributed by atoms with Crippen molar-refractivity contribution < 1.29 is 4.74 Å². The predicted molar refractivity (Wildman–Crippen MR) is 84.1 cm³/mol. The fraction of sp³-hybridized carbons (Fsp3) is 0.533. The molecule has 0 saturated heterocycles. The van der Waals surface area contributed by atoms with Crippen molar-refractivity contribution in [3.05, 3.63) is 32.8 Å². The smallest absolute Gasteiger partial charge is 0.254 e. The van der Waals surface area contributed by atoms with Crippen molar-refractivity contribution in [2.45, 2.75) is 32.6 Å². The Balaban J connectivity index is 2.68. The van der Waals surface area contributed by atoms with Gasteiger partial charge in [0.25, 0.3) is 5.56 Å². The predicted octanol–water partition coefficient (Wildman–Crippen LogP) is 2.82. The highest BCUT2D eigenvalue weighted by molar-refractivity contribution is 6.34. The number of hydrogen-bond donors (Lipinski definition) is 0. The fourth-order valence-electron chi connectivity index (χ4n) is 2.71. The van der Waals surface area contributed by atoms with E-state index < -0.39 is 0 Å². The Morgan fingerprint density at radius 1 is 1.43 bits per heavy atom. The second-order valence-corrected chi connectivity index (χ2v) is 5.55. The molecule has 0 spiro atoms. The molecule has 0 aliphatic heterocycles. The average molecular weight is 310 g/mol. The van der Waals surface area contributed by atoms with E-state index >= 15 is 0 Å². The van der Waals surface area contributed by atoms with Gasteiger partial charge in [-0.2, -0.15) is 5.10 Å². The van der Waals surface area contributed by atoms with Gasteiger partial charge in [-0.1, -0.05) is 18.5 Å². The molecule has 6 heteroatoms. The van der Waals surface area contributed by atoms with E-state index in [-0.39, 0.29) is 11.5 Å². The molecule has 2 aromatic rings. The lowest BCUT2D eigenvalue weighted by Crippen LogP contribution is -2.25. The molecular formula is C15H20ClN3O2. The van der Waals surface area contributed by atoms with Crippen LogP contribution >= 0.6 is 11.6 Å². The molecule has 0 radical (unpaired) electrons. The van der Waals surface area contributed by atoms with Crippen molar-refractivity contribution in [3.8, 4) is 0 Å². The topological polar surface area (TPSA) is 57.0 Å². The fourth-order valence-corrected chi connectivity index (χ4v) is 2.89. The highest BCUT2D eigenvalue weighted by atomic mass is 35.5. The summed E-state index contributed by atoms with van der Waals surface area (Å²) in [6.45, 7) is 4.52. The molecule has 0 saturated carbocycles. The number of ether oxygens (including phenoxy) is 1. The second kappa shape index (κ2) is 6.54. The minimum absolute atomic E-state index is 0.00220. The number of methoxy groups -OCH3 is 1. The van der Waals surface area contributed by atoms with Crippen LogP contribution in [0.1, 0.15) is 36.9 Å². The van der Waals surface area contributed by atoms with Crippen molar-refractivity contribution in [1.29, 1.82) is 0 Å². The molecule has 1 atom stereocenters. The summed E-state index contributed by atoms with van der Waals surface area (Å²) < 4.78 is 6.76. The van der Waals surface area contributed by atoms with Crippen LogP contribution in [0.4, 0.5) is 0 Å². The molecule has 0 aliphatic carbocycles. The number of nitrogens with zero attached hydrogens (tertiary/aromatic N) is 3. The first kappa shape index (κ1) is 15.9. The molecule has 114 valence electrons. The van der Waals surface area contributed by atoms with Crippen molar-refractivity contribution in [2.75, 3.05) is 13.7 Å². The average Bonchev–Trinajstić information content (AvgIpc) is 2.47. The van der Waals surface area contributed by atoms with Gasteiger partial charge in [0.2, 0.25) is 0 Å². The highest BCUT2D eigenvalue weighted by Gasteiger charge is 2.18. The number of rotatable bonds is 5. The van der Waals surface area contributed by atoms with E-state index in [9.17, 15) is 4.79 Å². The monoisotopic (exact) mass is 309 g/mol. The number of hydrogen-bond acceptors (Lipinski definition) is 4. The second-order valence-electron chi connectivity index (χ2n) is 5.19. The summed E-state index contributed by atoms with van der Waals surface area (Å²) in [5.41, 5.74) is 2.20. The van der Waals surface area contributed by atoms with Gasteiger partial charge in [-0.3, -0.25) is 4.79 Å². The van der Waals surface area contributed by atoms with E-state index in [0.29, 0.717) is 17.5 Å². The highest BCUT2D eigenvalue weighted by Crippen LogP contribution is 2.27. The minimum Gasteiger partial charge on any atom is -0.385 e. The molecule has 2 aromatic heterocycles. The van der Waals surface area contributed by atoms with Crippen molar-refractivity contribution in [3.63, 3.8) is 0 Å².